The van der Waals surface area contributed by atoms with E-state index in [9.17, 15) is 4.79 Å². The van der Waals surface area contributed by atoms with Crippen molar-refractivity contribution in [2.24, 2.45) is 0 Å². The predicted molar refractivity (Wildman–Crippen MR) is 82.6 cm³/mol. The van der Waals surface area contributed by atoms with Gasteiger partial charge in [0.1, 0.15) is 0 Å². The smallest absolute Gasteiger partial charge is 0.260 e. The van der Waals surface area contributed by atoms with E-state index < -0.39 is 0 Å². The number of benzene rings is 1. The topological polar surface area (TPSA) is 45.5 Å². The first kappa shape index (κ1) is 14.2. The summed E-state index contributed by atoms with van der Waals surface area (Å²) in [5.74, 6) is -0.263. The number of hydrogen-bond donors (Lipinski definition) is 1. The third kappa shape index (κ3) is 3.46. The first-order valence-corrected chi connectivity index (χ1v) is 7.46. The third-order valence-electron chi connectivity index (χ3n) is 3.68. The highest BCUT2D eigenvalue weighted by atomic mass is 35.5. The molecule has 0 aliphatic carbocycles. The number of halogens is 1. The molecule has 3 rings (SSSR count). The lowest BCUT2D eigenvalue weighted by molar-refractivity contribution is 0.102. The Morgan fingerprint density at radius 2 is 1.90 bits per heavy atom. The maximum Gasteiger partial charge on any atom is 0.260 e. The molecule has 1 saturated heterocycles. The Hall–Kier alpha value is -1.78. The van der Waals surface area contributed by atoms with Crippen molar-refractivity contribution in [2.75, 3.05) is 18.4 Å². The Kier molecular flexibility index (Phi) is 4.27. The zero-order valence-electron chi connectivity index (χ0n) is 11.6. The molecular weight excluding hydrogens is 288 g/mol. The summed E-state index contributed by atoms with van der Waals surface area (Å²) >= 11 is 5.79. The Morgan fingerprint density at radius 3 is 2.52 bits per heavy atom. The van der Waals surface area contributed by atoms with E-state index >= 15 is 0 Å². The maximum absolute atomic E-state index is 12.0. The summed E-state index contributed by atoms with van der Waals surface area (Å²) in [5.41, 5.74) is 2.36. The molecule has 110 valence electrons. The van der Waals surface area contributed by atoms with E-state index in [0.29, 0.717) is 5.56 Å². The van der Waals surface area contributed by atoms with Crippen LogP contribution in [0.3, 0.4) is 0 Å². The summed E-state index contributed by atoms with van der Waals surface area (Å²) in [4.78, 5) is 14.4. The molecule has 21 heavy (non-hydrogen) atoms. The van der Waals surface area contributed by atoms with Gasteiger partial charge >= 0.3 is 0 Å². The summed E-state index contributed by atoms with van der Waals surface area (Å²) in [6, 6.07) is 9.48. The fraction of sp³-hybridized carbons (Fsp3) is 0.312. The van der Waals surface area contributed by atoms with Crippen LogP contribution in [0.25, 0.3) is 0 Å². The Balaban J connectivity index is 1.61. The monoisotopic (exact) mass is 304 g/mol. The fourth-order valence-electron chi connectivity index (χ4n) is 2.55. The second-order valence-electron chi connectivity index (χ2n) is 5.24. The molecule has 0 bridgehead atoms. The molecule has 1 aliphatic heterocycles. The van der Waals surface area contributed by atoms with Gasteiger partial charge in [0.2, 0.25) is 5.22 Å². The van der Waals surface area contributed by atoms with Crippen LogP contribution in [-0.4, -0.2) is 23.9 Å². The molecule has 2 heterocycles. The van der Waals surface area contributed by atoms with Crippen molar-refractivity contribution >= 4 is 23.2 Å². The van der Waals surface area contributed by atoms with Crippen molar-refractivity contribution in [3.8, 4) is 0 Å². The van der Waals surface area contributed by atoms with Gasteiger partial charge in [-0.2, -0.15) is 0 Å². The molecule has 1 fully saturated rings. The number of carbonyl (C=O) groups excluding carboxylic acids is 1. The molecule has 0 spiro atoms. The molecule has 0 saturated carbocycles. The molecule has 0 radical (unpaired) electrons. The standard InChI is InChI=1S/C16H17ClN2O2/c17-15-14(7-10-21-15)16(20)18-13-5-3-12(4-6-13)11-19-8-1-2-9-19/h3-7,10H,1-2,8-9,11H2,(H,18,20). The van der Waals surface area contributed by atoms with E-state index in [2.05, 4.69) is 10.2 Å². The van der Waals surface area contributed by atoms with E-state index in [1.54, 1.807) is 6.07 Å². The van der Waals surface area contributed by atoms with Crippen LogP contribution in [0.15, 0.2) is 41.0 Å². The lowest BCUT2D eigenvalue weighted by Gasteiger charge is -2.14. The molecule has 1 aliphatic rings. The zero-order valence-corrected chi connectivity index (χ0v) is 12.4. The van der Waals surface area contributed by atoms with Gasteiger partial charge in [-0.05, 0) is 61.3 Å². The molecule has 1 aromatic carbocycles. The third-order valence-corrected chi connectivity index (χ3v) is 3.97. The summed E-state index contributed by atoms with van der Waals surface area (Å²) in [5, 5.41) is 2.92. The molecule has 1 amide bonds. The van der Waals surface area contributed by atoms with Crippen LogP contribution in [0.4, 0.5) is 5.69 Å². The zero-order chi connectivity index (χ0) is 14.7. The lowest BCUT2D eigenvalue weighted by atomic mass is 10.2. The van der Waals surface area contributed by atoms with Gasteiger partial charge in [-0.3, -0.25) is 9.69 Å². The number of hydrogen-bond acceptors (Lipinski definition) is 3. The van der Waals surface area contributed by atoms with Crippen molar-refractivity contribution in [3.63, 3.8) is 0 Å². The van der Waals surface area contributed by atoms with E-state index in [4.69, 9.17) is 16.0 Å². The normalized spacial score (nSPS) is 15.3. The summed E-state index contributed by atoms with van der Waals surface area (Å²) in [6.45, 7) is 3.33. The Bertz CT molecular complexity index is 615. The molecule has 0 unspecified atom stereocenters. The number of anilines is 1. The second-order valence-corrected chi connectivity index (χ2v) is 5.59. The van der Waals surface area contributed by atoms with E-state index in [-0.39, 0.29) is 11.1 Å². The molecule has 5 heteroatoms. The Morgan fingerprint density at radius 1 is 1.19 bits per heavy atom. The van der Waals surface area contributed by atoms with E-state index in [1.807, 2.05) is 24.3 Å². The highest BCUT2D eigenvalue weighted by Crippen LogP contribution is 2.19. The van der Waals surface area contributed by atoms with Crippen LogP contribution in [0, 0.1) is 0 Å². The van der Waals surface area contributed by atoms with Gasteiger partial charge in [-0.15, -0.1) is 0 Å². The number of furan rings is 1. The minimum absolute atomic E-state index is 0.109. The minimum Gasteiger partial charge on any atom is -0.452 e. The van der Waals surface area contributed by atoms with Crippen LogP contribution < -0.4 is 5.32 Å². The van der Waals surface area contributed by atoms with Gasteiger partial charge in [0, 0.05) is 12.2 Å². The summed E-state index contributed by atoms with van der Waals surface area (Å²) in [6.07, 6.45) is 3.98. The number of nitrogens with one attached hydrogen (secondary N) is 1. The van der Waals surface area contributed by atoms with Gasteiger partial charge in [-0.1, -0.05) is 12.1 Å². The SMILES string of the molecule is O=C(Nc1ccc(CN2CCCC2)cc1)c1ccoc1Cl. The van der Waals surface area contributed by atoms with Gasteiger partial charge in [0.25, 0.3) is 5.91 Å². The van der Waals surface area contributed by atoms with Crippen LogP contribution in [-0.2, 0) is 6.54 Å². The van der Waals surface area contributed by atoms with Gasteiger partial charge < -0.3 is 9.73 Å². The summed E-state index contributed by atoms with van der Waals surface area (Å²) < 4.78 is 4.92. The quantitative estimate of drug-likeness (QED) is 0.935. The average Bonchev–Trinajstić information content (AvgIpc) is 3.12. The van der Waals surface area contributed by atoms with Crippen LogP contribution in [0.1, 0.15) is 28.8 Å². The number of likely N-dealkylation sites (tertiary alicyclic amines) is 1. The first-order valence-electron chi connectivity index (χ1n) is 7.08. The average molecular weight is 305 g/mol. The number of carbonyl (C=O) groups is 1. The molecule has 1 aromatic heterocycles. The fourth-order valence-corrected chi connectivity index (χ4v) is 2.75. The molecular formula is C16H17ClN2O2. The maximum atomic E-state index is 12.0. The highest BCUT2D eigenvalue weighted by Gasteiger charge is 2.14. The predicted octanol–water partition coefficient (Wildman–Crippen LogP) is 3.78. The van der Waals surface area contributed by atoms with E-state index in [0.717, 1.165) is 12.2 Å². The molecule has 0 atom stereocenters. The second kappa shape index (κ2) is 6.33. The first-order chi connectivity index (χ1) is 10.2. The van der Waals surface area contributed by atoms with Crippen molar-refractivity contribution in [3.05, 3.63) is 52.9 Å². The number of nitrogens with zero attached hydrogens (tertiary/aromatic N) is 1. The van der Waals surface area contributed by atoms with E-state index in [1.165, 1.54) is 37.8 Å². The Labute approximate surface area is 128 Å². The van der Waals surface area contributed by atoms with Gasteiger partial charge in [0.15, 0.2) is 0 Å². The molecule has 2 aromatic rings. The lowest BCUT2D eigenvalue weighted by Crippen LogP contribution is -2.18. The van der Waals surface area contributed by atoms with Crippen LogP contribution >= 0.6 is 11.6 Å². The van der Waals surface area contributed by atoms with Crippen molar-refractivity contribution < 1.29 is 9.21 Å². The van der Waals surface area contributed by atoms with Gasteiger partial charge in [-0.25, -0.2) is 0 Å². The van der Waals surface area contributed by atoms with Gasteiger partial charge in [0.05, 0.1) is 11.8 Å². The largest absolute Gasteiger partial charge is 0.452 e. The highest BCUT2D eigenvalue weighted by molar-refractivity contribution is 6.32. The minimum atomic E-state index is -0.263. The van der Waals surface area contributed by atoms with Crippen molar-refractivity contribution in [2.45, 2.75) is 19.4 Å². The molecule has 1 N–H and O–H groups in total. The molecule has 4 nitrogen and oxygen atoms in total. The number of rotatable bonds is 4. The van der Waals surface area contributed by atoms with Crippen LogP contribution in [0.2, 0.25) is 5.22 Å². The van der Waals surface area contributed by atoms with Crippen LogP contribution in [0.5, 0.6) is 0 Å². The van der Waals surface area contributed by atoms with Crippen molar-refractivity contribution in [1.82, 2.24) is 4.90 Å². The van der Waals surface area contributed by atoms with Crippen molar-refractivity contribution in [1.29, 1.82) is 0 Å². The summed E-state index contributed by atoms with van der Waals surface area (Å²) in [7, 11) is 0. The number of amides is 1.